The number of carbonyl (C=O) groups is 1. The van der Waals surface area contributed by atoms with Crippen LogP contribution in [-0.4, -0.2) is 58.7 Å². The number of fused-ring (bicyclic) bond motifs is 3. The van der Waals surface area contributed by atoms with Crippen LogP contribution in [-0.2, 0) is 9.53 Å². The van der Waals surface area contributed by atoms with Crippen molar-refractivity contribution in [2.75, 3.05) is 25.1 Å². The van der Waals surface area contributed by atoms with Gasteiger partial charge < -0.3 is 14.2 Å². The molecule has 2 aromatic rings. The lowest BCUT2D eigenvalue weighted by molar-refractivity contribution is -0.146. The first-order chi connectivity index (χ1) is 18.1. The summed E-state index contributed by atoms with van der Waals surface area (Å²) in [6.45, 7) is 1.32. The zero-order valence-corrected chi connectivity index (χ0v) is 22.3. The highest BCUT2D eigenvalue weighted by atomic mass is 16.5. The van der Waals surface area contributed by atoms with Crippen LogP contribution in [0.1, 0.15) is 89.5 Å². The smallest absolute Gasteiger partial charge is 0.308 e. The van der Waals surface area contributed by atoms with Gasteiger partial charge in [0, 0.05) is 37.3 Å². The lowest BCUT2D eigenvalue weighted by Crippen LogP contribution is -2.50. The molecule has 3 aliphatic heterocycles. The maximum atomic E-state index is 14.1. The Balaban J connectivity index is 1.28. The normalized spacial score (nSPS) is 28.2. The highest BCUT2D eigenvalue weighted by molar-refractivity contribution is 5.77. The maximum Gasteiger partial charge on any atom is 0.308 e. The van der Waals surface area contributed by atoms with E-state index in [4.69, 9.17) is 9.72 Å². The van der Waals surface area contributed by atoms with Gasteiger partial charge in [0.15, 0.2) is 5.82 Å². The summed E-state index contributed by atoms with van der Waals surface area (Å²) in [6, 6.07) is 10.3. The van der Waals surface area contributed by atoms with E-state index in [1.807, 2.05) is 18.2 Å². The van der Waals surface area contributed by atoms with Gasteiger partial charge in [-0.3, -0.25) is 14.5 Å². The van der Waals surface area contributed by atoms with Crippen molar-refractivity contribution >= 4 is 22.8 Å². The monoisotopic (exact) mass is 506 g/mol. The minimum Gasteiger partial charge on any atom is -0.469 e. The molecule has 1 aromatic carbocycles. The number of hydrogen-bond donors (Lipinski definition) is 0. The molecule has 0 N–H and O–H groups in total. The summed E-state index contributed by atoms with van der Waals surface area (Å²) in [4.78, 5) is 36.0. The number of aromatic nitrogens is 2. The van der Waals surface area contributed by atoms with Crippen LogP contribution < -0.4 is 10.5 Å². The van der Waals surface area contributed by atoms with Gasteiger partial charge in [0.05, 0.1) is 24.1 Å². The predicted molar refractivity (Wildman–Crippen MR) is 146 cm³/mol. The maximum absolute atomic E-state index is 14.1. The van der Waals surface area contributed by atoms with Gasteiger partial charge in [-0.05, 0) is 63.5 Å². The van der Waals surface area contributed by atoms with Crippen molar-refractivity contribution in [3.63, 3.8) is 0 Å². The molecular weight excluding hydrogens is 464 g/mol. The summed E-state index contributed by atoms with van der Waals surface area (Å²) >= 11 is 0. The highest BCUT2D eigenvalue weighted by Crippen LogP contribution is 2.44. The fraction of sp³-hybridized carbons (Fsp3) is 0.700. The number of carbonyl (C=O) groups excluding carboxylic acids is 1. The van der Waals surface area contributed by atoms with Gasteiger partial charge in [0.2, 0.25) is 0 Å². The van der Waals surface area contributed by atoms with Crippen LogP contribution in [0, 0.1) is 5.92 Å². The molecule has 7 heteroatoms. The molecule has 7 nitrogen and oxygen atoms in total. The van der Waals surface area contributed by atoms with Crippen LogP contribution in [0.4, 0.5) is 5.82 Å². The molecule has 3 saturated heterocycles. The molecule has 0 spiro atoms. The Labute approximate surface area is 220 Å². The minimum atomic E-state index is -0.143. The molecule has 3 atom stereocenters. The van der Waals surface area contributed by atoms with Gasteiger partial charge in [-0.25, -0.2) is 4.98 Å². The molecule has 2 bridgehead atoms. The van der Waals surface area contributed by atoms with E-state index in [1.54, 1.807) is 0 Å². The Bertz CT molecular complexity index is 1150. The summed E-state index contributed by atoms with van der Waals surface area (Å²) in [7, 11) is 1.45. The first-order valence-corrected chi connectivity index (χ1v) is 14.8. The third-order valence-corrected chi connectivity index (χ3v) is 9.73. The third kappa shape index (κ3) is 4.80. The quantitative estimate of drug-likeness (QED) is 0.540. The average Bonchev–Trinajstić information content (AvgIpc) is 3.16. The number of methoxy groups -OCH3 is 1. The molecule has 4 heterocycles. The molecule has 1 aliphatic carbocycles. The summed E-state index contributed by atoms with van der Waals surface area (Å²) in [5, 5.41) is 0. The van der Waals surface area contributed by atoms with E-state index in [-0.39, 0.29) is 23.5 Å². The number of esters is 1. The van der Waals surface area contributed by atoms with Crippen LogP contribution in [0.15, 0.2) is 29.1 Å². The summed E-state index contributed by atoms with van der Waals surface area (Å²) in [5.41, 5.74) is 1.89. The van der Waals surface area contributed by atoms with Crippen LogP contribution in [0.3, 0.4) is 0 Å². The Kier molecular flexibility index (Phi) is 7.24. The molecule has 0 unspecified atom stereocenters. The molecular formula is C30H42N4O3. The molecule has 4 aliphatic rings. The van der Waals surface area contributed by atoms with Crippen LogP contribution in [0.2, 0.25) is 0 Å². The van der Waals surface area contributed by atoms with E-state index < -0.39 is 0 Å². The fourth-order valence-electron chi connectivity index (χ4n) is 7.93. The second-order valence-electron chi connectivity index (χ2n) is 11.8. The summed E-state index contributed by atoms with van der Waals surface area (Å²) in [5.74, 6) is 0.323. The number of anilines is 1. The molecule has 0 radical (unpaired) electrons. The van der Waals surface area contributed by atoms with E-state index in [1.165, 1.54) is 64.9 Å². The van der Waals surface area contributed by atoms with Gasteiger partial charge in [0.25, 0.3) is 5.56 Å². The van der Waals surface area contributed by atoms with Crippen molar-refractivity contribution in [3.05, 3.63) is 34.6 Å². The summed E-state index contributed by atoms with van der Waals surface area (Å²) in [6.07, 6.45) is 15.7. The van der Waals surface area contributed by atoms with Crippen molar-refractivity contribution in [1.82, 2.24) is 14.5 Å². The number of benzene rings is 1. The molecule has 6 rings (SSSR count). The Morgan fingerprint density at radius 2 is 1.49 bits per heavy atom. The van der Waals surface area contributed by atoms with Gasteiger partial charge >= 0.3 is 5.97 Å². The Hall–Kier alpha value is -2.41. The third-order valence-electron chi connectivity index (χ3n) is 9.73. The number of ether oxygens (including phenoxy) is 1. The molecule has 4 fully saturated rings. The standard InChI is InChI=1S/C30H42N4O3/c1-37-30(36)21-15-17-32(18-16-21)28-29(35)34(27-12-8-7-11-26(27)31-28)25-19-23-13-14-24(20-25)33(23)22-9-5-3-2-4-6-10-22/h7-8,11-12,21-25H,2-6,9-10,13-20H2,1H3/t23-,24+,25+. The van der Waals surface area contributed by atoms with Gasteiger partial charge in [-0.1, -0.05) is 44.2 Å². The van der Waals surface area contributed by atoms with E-state index in [2.05, 4.69) is 20.4 Å². The summed E-state index contributed by atoms with van der Waals surface area (Å²) < 4.78 is 7.06. The molecule has 200 valence electrons. The van der Waals surface area contributed by atoms with E-state index >= 15 is 0 Å². The number of para-hydroxylation sites is 2. The van der Waals surface area contributed by atoms with Gasteiger partial charge in [-0.2, -0.15) is 0 Å². The average molecular weight is 507 g/mol. The van der Waals surface area contributed by atoms with Crippen molar-refractivity contribution in [1.29, 1.82) is 0 Å². The van der Waals surface area contributed by atoms with Crippen molar-refractivity contribution in [3.8, 4) is 0 Å². The minimum absolute atomic E-state index is 0.0408. The van der Waals surface area contributed by atoms with Crippen LogP contribution in [0.25, 0.3) is 11.0 Å². The van der Waals surface area contributed by atoms with Crippen LogP contribution in [0.5, 0.6) is 0 Å². The lowest BCUT2D eigenvalue weighted by Gasteiger charge is -2.45. The number of nitrogens with zero attached hydrogens (tertiary/aromatic N) is 4. The molecule has 1 saturated carbocycles. The Morgan fingerprint density at radius 3 is 2.16 bits per heavy atom. The van der Waals surface area contributed by atoms with Crippen molar-refractivity contribution in [2.45, 2.75) is 108 Å². The first kappa shape index (κ1) is 24.9. The van der Waals surface area contributed by atoms with E-state index in [0.717, 1.165) is 29.9 Å². The van der Waals surface area contributed by atoms with Crippen molar-refractivity contribution < 1.29 is 9.53 Å². The second-order valence-corrected chi connectivity index (χ2v) is 11.8. The predicted octanol–water partition coefficient (Wildman–Crippen LogP) is 5.07. The topological polar surface area (TPSA) is 67.7 Å². The molecule has 1 aromatic heterocycles. The lowest BCUT2D eigenvalue weighted by atomic mass is 9.89. The van der Waals surface area contributed by atoms with E-state index in [9.17, 15) is 9.59 Å². The first-order valence-electron chi connectivity index (χ1n) is 14.8. The fourth-order valence-corrected chi connectivity index (χ4v) is 7.93. The Morgan fingerprint density at radius 1 is 0.838 bits per heavy atom. The number of hydrogen-bond acceptors (Lipinski definition) is 6. The largest absolute Gasteiger partial charge is 0.469 e. The molecule has 37 heavy (non-hydrogen) atoms. The highest BCUT2D eigenvalue weighted by Gasteiger charge is 2.44. The SMILES string of the molecule is COC(=O)C1CCN(c2nc3ccccc3n([C@H]3C[C@H]4CC[C@@H](C3)N4C3CCCCCCC3)c2=O)CC1. The number of rotatable bonds is 4. The zero-order chi connectivity index (χ0) is 25.4. The molecule has 0 amide bonds. The van der Waals surface area contributed by atoms with Crippen molar-refractivity contribution in [2.24, 2.45) is 5.92 Å². The van der Waals surface area contributed by atoms with Crippen LogP contribution >= 0.6 is 0 Å². The zero-order valence-electron chi connectivity index (χ0n) is 22.3. The van der Waals surface area contributed by atoms with Gasteiger partial charge in [-0.15, -0.1) is 0 Å². The number of piperidine rings is 2. The second kappa shape index (κ2) is 10.8. The van der Waals surface area contributed by atoms with E-state index in [0.29, 0.717) is 43.8 Å². The van der Waals surface area contributed by atoms with Gasteiger partial charge in [0.1, 0.15) is 0 Å².